The zero-order valence-corrected chi connectivity index (χ0v) is 10.6. The highest BCUT2D eigenvalue weighted by Gasteiger charge is 2.53. The van der Waals surface area contributed by atoms with Gasteiger partial charge in [-0.25, -0.2) is 4.79 Å². The summed E-state index contributed by atoms with van der Waals surface area (Å²) < 4.78 is 5.57. The van der Waals surface area contributed by atoms with Gasteiger partial charge < -0.3 is 4.74 Å². The molecule has 0 N–H and O–H groups in total. The van der Waals surface area contributed by atoms with Gasteiger partial charge in [0, 0.05) is 18.3 Å². The van der Waals surface area contributed by atoms with E-state index in [1.165, 1.54) is 0 Å². The van der Waals surface area contributed by atoms with Gasteiger partial charge in [0.05, 0.1) is 5.56 Å². The third kappa shape index (κ3) is 1.99. The van der Waals surface area contributed by atoms with E-state index in [2.05, 4.69) is 6.58 Å². The van der Waals surface area contributed by atoms with Crippen molar-refractivity contribution in [3.63, 3.8) is 0 Å². The Morgan fingerprint density at radius 3 is 2.68 bits per heavy atom. The lowest BCUT2D eigenvalue weighted by Gasteiger charge is -2.30. The Morgan fingerprint density at radius 1 is 1.32 bits per heavy atom. The fraction of sp³-hybridized carbons (Fsp3) is 0.375. The number of esters is 1. The van der Waals surface area contributed by atoms with Crippen molar-refractivity contribution in [1.82, 2.24) is 0 Å². The minimum atomic E-state index is -0.314. The van der Waals surface area contributed by atoms with Gasteiger partial charge in [-0.15, -0.1) is 6.58 Å². The molecule has 1 aromatic rings. The number of carbonyl (C=O) groups is 2. The largest absolute Gasteiger partial charge is 0.458 e. The molecular formula is C16H16O3. The molecule has 3 heteroatoms. The van der Waals surface area contributed by atoms with Gasteiger partial charge in [-0.1, -0.05) is 24.3 Å². The van der Waals surface area contributed by atoms with Crippen LogP contribution in [-0.2, 0) is 9.53 Å². The third-order valence-corrected chi connectivity index (χ3v) is 4.32. The van der Waals surface area contributed by atoms with Crippen LogP contribution in [0.1, 0.15) is 23.2 Å². The normalized spacial score (nSPS) is 32.3. The van der Waals surface area contributed by atoms with Crippen molar-refractivity contribution in [3.05, 3.63) is 48.6 Å². The van der Waals surface area contributed by atoms with Gasteiger partial charge in [-0.2, -0.15) is 0 Å². The Hall–Kier alpha value is -1.90. The average Bonchev–Trinajstić information content (AvgIpc) is 2.72. The van der Waals surface area contributed by atoms with Crippen LogP contribution in [0.25, 0.3) is 0 Å². The van der Waals surface area contributed by atoms with Gasteiger partial charge in [0.2, 0.25) is 0 Å². The number of benzene rings is 1. The Kier molecular flexibility index (Phi) is 2.97. The van der Waals surface area contributed by atoms with Crippen LogP contribution < -0.4 is 0 Å². The molecule has 3 nitrogen and oxygen atoms in total. The molecule has 98 valence electrons. The van der Waals surface area contributed by atoms with Crippen LogP contribution in [0.5, 0.6) is 0 Å². The number of hydrogen-bond acceptors (Lipinski definition) is 3. The molecule has 0 radical (unpaired) electrons. The first-order chi connectivity index (χ1) is 9.20. The first-order valence-corrected chi connectivity index (χ1v) is 6.62. The van der Waals surface area contributed by atoms with E-state index in [0.29, 0.717) is 30.1 Å². The highest BCUT2D eigenvalue weighted by Crippen LogP contribution is 2.49. The molecule has 0 unspecified atom stereocenters. The van der Waals surface area contributed by atoms with Gasteiger partial charge >= 0.3 is 5.97 Å². The molecule has 0 spiro atoms. The SMILES string of the molecule is C=C[C@@H]1[C@H]2CC(=O)[C@H]2C[C@H]1OC(=O)c1ccccc1. The maximum atomic E-state index is 12.0. The summed E-state index contributed by atoms with van der Waals surface area (Å²) in [7, 11) is 0. The van der Waals surface area contributed by atoms with Crippen molar-refractivity contribution in [2.75, 3.05) is 0 Å². The predicted molar refractivity (Wildman–Crippen MR) is 70.6 cm³/mol. The van der Waals surface area contributed by atoms with E-state index in [9.17, 15) is 9.59 Å². The highest BCUT2D eigenvalue weighted by molar-refractivity contribution is 5.90. The van der Waals surface area contributed by atoms with Crippen LogP contribution in [0.15, 0.2) is 43.0 Å². The number of Topliss-reactive ketones (excluding diaryl/α,β-unsaturated/α-hetero) is 1. The van der Waals surface area contributed by atoms with Crippen LogP contribution in [-0.4, -0.2) is 17.9 Å². The van der Waals surface area contributed by atoms with E-state index in [4.69, 9.17) is 4.74 Å². The molecule has 0 saturated heterocycles. The van der Waals surface area contributed by atoms with Crippen molar-refractivity contribution in [3.8, 4) is 0 Å². The predicted octanol–water partition coefficient (Wildman–Crippen LogP) is 2.62. The minimum absolute atomic E-state index is 0.0802. The topological polar surface area (TPSA) is 43.4 Å². The lowest BCUT2D eigenvalue weighted by molar-refractivity contribution is -0.133. The second kappa shape index (κ2) is 4.65. The Balaban J connectivity index is 1.71. The fourth-order valence-corrected chi connectivity index (χ4v) is 3.23. The molecule has 1 aromatic carbocycles. The number of rotatable bonds is 3. The lowest BCUT2D eigenvalue weighted by atomic mass is 9.71. The molecule has 4 atom stereocenters. The van der Waals surface area contributed by atoms with Crippen LogP contribution in [0.2, 0.25) is 0 Å². The van der Waals surface area contributed by atoms with Crippen LogP contribution in [0, 0.1) is 17.8 Å². The lowest BCUT2D eigenvalue weighted by Crippen LogP contribution is -2.35. The Bertz CT molecular complexity index is 520. The smallest absolute Gasteiger partial charge is 0.338 e. The average molecular weight is 256 g/mol. The molecule has 19 heavy (non-hydrogen) atoms. The quantitative estimate of drug-likeness (QED) is 0.616. The summed E-state index contributed by atoms with van der Waals surface area (Å²) in [6.45, 7) is 3.81. The van der Waals surface area contributed by atoms with E-state index < -0.39 is 0 Å². The third-order valence-electron chi connectivity index (χ3n) is 4.32. The van der Waals surface area contributed by atoms with Crippen LogP contribution >= 0.6 is 0 Å². The maximum Gasteiger partial charge on any atom is 0.338 e. The number of carbonyl (C=O) groups excluding carboxylic acids is 2. The molecule has 0 aromatic heterocycles. The molecule has 2 fully saturated rings. The van der Waals surface area contributed by atoms with Gasteiger partial charge in [0.1, 0.15) is 11.9 Å². The minimum Gasteiger partial charge on any atom is -0.458 e. The molecule has 2 aliphatic rings. The fourth-order valence-electron chi connectivity index (χ4n) is 3.23. The van der Waals surface area contributed by atoms with Gasteiger partial charge in [0.15, 0.2) is 0 Å². The maximum absolute atomic E-state index is 12.0. The summed E-state index contributed by atoms with van der Waals surface area (Å²) >= 11 is 0. The number of ether oxygens (including phenoxy) is 1. The van der Waals surface area contributed by atoms with E-state index >= 15 is 0 Å². The molecule has 0 amide bonds. The van der Waals surface area contributed by atoms with Crippen molar-refractivity contribution in [1.29, 1.82) is 0 Å². The second-order valence-electron chi connectivity index (χ2n) is 5.30. The summed E-state index contributed by atoms with van der Waals surface area (Å²) in [5.41, 5.74) is 0.552. The second-order valence-corrected chi connectivity index (χ2v) is 5.30. The summed E-state index contributed by atoms with van der Waals surface area (Å²) in [6.07, 6.45) is 2.89. The summed E-state index contributed by atoms with van der Waals surface area (Å²) in [4.78, 5) is 23.5. The first kappa shape index (κ1) is 12.2. The van der Waals surface area contributed by atoms with E-state index in [1.54, 1.807) is 12.1 Å². The molecule has 2 saturated carbocycles. The highest BCUT2D eigenvalue weighted by atomic mass is 16.5. The molecule has 2 aliphatic carbocycles. The van der Waals surface area contributed by atoms with Gasteiger partial charge in [-0.3, -0.25) is 4.79 Å². The molecule has 0 heterocycles. The molecule has 3 rings (SSSR count). The Labute approximate surface area is 112 Å². The summed E-state index contributed by atoms with van der Waals surface area (Å²) in [6, 6.07) is 8.95. The first-order valence-electron chi connectivity index (χ1n) is 6.62. The number of ketones is 1. The van der Waals surface area contributed by atoms with Crippen LogP contribution in [0.3, 0.4) is 0 Å². The van der Waals surface area contributed by atoms with Crippen molar-refractivity contribution in [2.45, 2.75) is 18.9 Å². The molecule has 0 aliphatic heterocycles. The van der Waals surface area contributed by atoms with Gasteiger partial charge in [-0.05, 0) is 24.5 Å². The number of hydrogen-bond donors (Lipinski definition) is 0. The van der Waals surface area contributed by atoms with Crippen LogP contribution in [0.4, 0.5) is 0 Å². The van der Waals surface area contributed by atoms with Crippen molar-refractivity contribution < 1.29 is 14.3 Å². The standard InChI is InChI=1S/C16H16O3/c1-2-11-12-8-14(17)13(12)9-15(11)19-16(18)10-6-4-3-5-7-10/h2-7,11-13,15H,1,8-9H2/t11-,12-,13+,15-/m1/s1. The zero-order chi connectivity index (χ0) is 13.4. The van der Waals surface area contributed by atoms with Crippen molar-refractivity contribution in [2.24, 2.45) is 17.8 Å². The summed E-state index contributed by atoms with van der Waals surface area (Å²) in [5, 5.41) is 0. The summed E-state index contributed by atoms with van der Waals surface area (Å²) in [5.74, 6) is 0.520. The molecule has 0 bridgehead atoms. The van der Waals surface area contributed by atoms with Gasteiger partial charge in [0.25, 0.3) is 0 Å². The van der Waals surface area contributed by atoms with E-state index in [-0.39, 0.29) is 23.9 Å². The van der Waals surface area contributed by atoms with Crippen molar-refractivity contribution >= 4 is 11.8 Å². The Morgan fingerprint density at radius 2 is 2.05 bits per heavy atom. The molecular weight excluding hydrogens is 240 g/mol. The van der Waals surface area contributed by atoms with E-state index in [1.807, 2.05) is 24.3 Å². The zero-order valence-electron chi connectivity index (χ0n) is 10.6. The monoisotopic (exact) mass is 256 g/mol. The number of fused-ring (bicyclic) bond motifs is 1. The van der Waals surface area contributed by atoms with E-state index in [0.717, 1.165) is 0 Å².